The second kappa shape index (κ2) is 6.12. The van der Waals surface area contributed by atoms with Gasteiger partial charge >= 0.3 is 0 Å². The molecule has 0 aliphatic heterocycles. The second-order valence-electron chi connectivity index (χ2n) is 4.93. The van der Waals surface area contributed by atoms with Crippen LogP contribution in [-0.4, -0.2) is 21.0 Å². The smallest absolute Gasteiger partial charge is 0.226 e. The summed E-state index contributed by atoms with van der Waals surface area (Å²) in [5.74, 6) is -0.936. The Balaban J connectivity index is 2.55. The highest BCUT2D eigenvalue weighted by Crippen LogP contribution is 2.37. The third-order valence-electron chi connectivity index (χ3n) is 3.54. The van der Waals surface area contributed by atoms with Gasteiger partial charge in [-0.1, -0.05) is 6.92 Å². The zero-order valence-electron chi connectivity index (χ0n) is 12.5. The Kier molecular flexibility index (Phi) is 4.43. The Morgan fingerprint density at radius 1 is 1.55 bits per heavy atom. The average Bonchev–Trinajstić information content (AvgIpc) is 2.84. The number of hydrogen-bond donors (Lipinski definition) is 2. The van der Waals surface area contributed by atoms with Gasteiger partial charge in [0, 0.05) is 16.6 Å². The quantitative estimate of drug-likeness (QED) is 0.899. The molecular weight excluding hydrogens is 300 g/mol. The molecule has 0 bridgehead atoms. The van der Waals surface area contributed by atoms with Crippen molar-refractivity contribution in [1.82, 2.24) is 9.97 Å². The van der Waals surface area contributed by atoms with Crippen molar-refractivity contribution in [2.75, 3.05) is 0 Å². The minimum absolute atomic E-state index is 0.0635. The summed E-state index contributed by atoms with van der Waals surface area (Å²) in [5, 5.41) is 19.7. The standard InChI is InChI=1S/C15H16N4O2S/c1-4-10(14(17)21)11-8(3)22-15(19-11)12-13(20)7(2)9(5-16)6-18-12/h6,10,20H,4H2,1-3H3,(H2,17,21). The molecule has 0 radical (unpaired) electrons. The van der Waals surface area contributed by atoms with E-state index >= 15 is 0 Å². The number of hydrogen-bond acceptors (Lipinski definition) is 6. The highest BCUT2D eigenvalue weighted by atomic mass is 32.1. The van der Waals surface area contributed by atoms with Gasteiger partial charge in [0.2, 0.25) is 5.91 Å². The van der Waals surface area contributed by atoms with E-state index in [0.29, 0.717) is 33.9 Å². The van der Waals surface area contributed by atoms with E-state index in [9.17, 15) is 9.90 Å². The lowest BCUT2D eigenvalue weighted by Gasteiger charge is -2.08. The third-order valence-corrected chi connectivity index (χ3v) is 4.54. The van der Waals surface area contributed by atoms with E-state index in [0.717, 1.165) is 4.88 Å². The molecule has 2 aromatic heterocycles. The van der Waals surface area contributed by atoms with Gasteiger partial charge in [0.05, 0.1) is 17.2 Å². The monoisotopic (exact) mass is 316 g/mol. The van der Waals surface area contributed by atoms with Crippen molar-refractivity contribution in [2.24, 2.45) is 5.73 Å². The van der Waals surface area contributed by atoms with Gasteiger partial charge < -0.3 is 10.8 Å². The van der Waals surface area contributed by atoms with E-state index in [4.69, 9.17) is 11.0 Å². The molecule has 0 fully saturated rings. The van der Waals surface area contributed by atoms with Crippen molar-refractivity contribution in [3.63, 3.8) is 0 Å². The molecule has 0 aliphatic carbocycles. The molecule has 3 N–H and O–H groups in total. The van der Waals surface area contributed by atoms with Crippen molar-refractivity contribution in [1.29, 1.82) is 5.26 Å². The molecule has 0 aromatic carbocycles. The molecule has 1 unspecified atom stereocenters. The first-order chi connectivity index (χ1) is 10.4. The van der Waals surface area contributed by atoms with Crippen LogP contribution in [0.5, 0.6) is 5.75 Å². The number of nitrogens with two attached hydrogens (primary N) is 1. The Morgan fingerprint density at radius 2 is 2.23 bits per heavy atom. The molecule has 1 amide bonds. The summed E-state index contributed by atoms with van der Waals surface area (Å²) < 4.78 is 0. The number of nitrogens with zero attached hydrogens (tertiary/aromatic N) is 3. The average molecular weight is 316 g/mol. The molecule has 7 heteroatoms. The van der Waals surface area contributed by atoms with Crippen LogP contribution in [0.4, 0.5) is 0 Å². The first kappa shape index (κ1) is 15.9. The van der Waals surface area contributed by atoms with Crippen LogP contribution in [0.15, 0.2) is 6.20 Å². The molecule has 2 heterocycles. The van der Waals surface area contributed by atoms with Crippen LogP contribution in [0.1, 0.15) is 41.0 Å². The zero-order chi connectivity index (χ0) is 16.4. The van der Waals surface area contributed by atoms with Gasteiger partial charge in [-0.15, -0.1) is 11.3 Å². The molecule has 0 saturated heterocycles. The Bertz CT molecular complexity index is 777. The maximum Gasteiger partial charge on any atom is 0.226 e. The molecule has 2 rings (SSSR count). The summed E-state index contributed by atoms with van der Waals surface area (Å²) in [4.78, 5) is 21.0. The van der Waals surface area contributed by atoms with E-state index in [1.807, 2.05) is 19.9 Å². The van der Waals surface area contributed by atoms with E-state index in [2.05, 4.69) is 9.97 Å². The van der Waals surface area contributed by atoms with Crippen LogP contribution in [0, 0.1) is 25.2 Å². The highest BCUT2D eigenvalue weighted by molar-refractivity contribution is 7.15. The zero-order valence-corrected chi connectivity index (χ0v) is 13.4. The Morgan fingerprint density at radius 3 is 2.77 bits per heavy atom. The number of carbonyl (C=O) groups excluding carboxylic acids is 1. The van der Waals surface area contributed by atoms with Crippen molar-refractivity contribution in [3.05, 3.63) is 27.9 Å². The molecule has 0 spiro atoms. The maximum atomic E-state index is 11.5. The number of primary amides is 1. The van der Waals surface area contributed by atoms with Crippen molar-refractivity contribution in [2.45, 2.75) is 33.1 Å². The minimum Gasteiger partial charge on any atom is -0.505 e. The molecular formula is C15H16N4O2S. The first-order valence-corrected chi connectivity index (χ1v) is 7.58. The lowest BCUT2D eigenvalue weighted by molar-refractivity contribution is -0.119. The van der Waals surface area contributed by atoms with Crippen LogP contribution in [-0.2, 0) is 4.79 Å². The van der Waals surface area contributed by atoms with Crippen LogP contribution in [0.25, 0.3) is 10.7 Å². The number of rotatable bonds is 4. The van der Waals surface area contributed by atoms with Gasteiger partial charge in [0.15, 0.2) is 0 Å². The lowest BCUT2D eigenvalue weighted by Crippen LogP contribution is -2.21. The first-order valence-electron chi connectivity index (χ1n) is 6.76. The molecule has 1 atom stereocenters. The predicted molar refractivity (Wildman–Crippen MR) is 83.4 cm³/mol. The van der Waals surface area contributed by atoms with Crippen LogP contribution in [0.2, 0.25) is 0 Å². The Labute approximate surface area is 132 Å². The predicted octanol–water partition coefficient (Wildman–Crippen LogP) is 2.38. The van der Waals surface area contributed by atoms with E-state index in [1.54, 1.807) is 6.92 Å². The van der Waals surface area contributed by atoms with E-state index < -0.39 is 11.8 Å². The summed E-state index contributed by atoms with van der Waals surface area (Å²) in [7, 11) is 0. The number of aryl methyl sites for hydroxylation is 1. The minimum atomic E-state index is -0.452. The SMILES string of the molecule is CCC(C(N)=O)c1nc(-c2ncc(C#N)c(C)c2O)sc1C. The topological polar surface area (TPSA) is 113 Å². The number of aromatic hydroxyl groups is 1. The summed E-state index contributed by atoms with van der Waals surface area (Å²) >= 11 is 1.34. The highest BCUT2D eigenvalue weighted by Gasteiger charge is 2.24. The fourth-order valence-corrected chi connectivity index (χ4v) is 3.20. The molecule has 0 aliphatic rings. The maximum absolute atomic E-state index is 11.5. The number of nitriles is 1. The van der Waals surface area contributed by atoms with Crippen molar-refractivity contribution in [3.8, 4) is 22.5 Å². The van der Waals surface area contributed by atoms with Crippen LogP contribution >= 0.6 is 11.3 Å². The Hall–Kier alpha value is -2.46. The van der Waals surface area contributed by atoms with Gasteiger partial charge in [-0.2, -0.15) is 5.26 Å². The van der Waals surface area contributed by atoms with Gasteiger partial charge in [0.1, 0.15) is 22.5 Å². The lowest BCUT2D eigenvalue weighted by atomic mass is 10.0. The van der Waals surface area contributed by atoms with Gasteiger partial charge in [-0.3, -0.25) is 4.79 Å². The number of thiazole rings is 1. The fraction of sp³-hybridized carbons (Fsp3) is 0.333. The number of aromatic nitrogens is 2. The van der Waals surface area contributed by atoms with Gasteiger partial charge in [-0.25, -0.2) is 9.97 Å². The molecule has 114 valence electrons. The number of pyridine rings is 1. The number of amides is 1. The largest absolute Gasteiger partial charge is 0.505 e. The third kappa shape index (κ3) is 2.65. The molecule has 22 heavy (non-hydrogen) atoms. The summed E-state index contributed by atoms with van der Waals surface area (Å²) in [6, 6.07) is 1.97. The van der Waals surface area contributed by atoms with Crippen LogP contribution < -0.4 is 5.73 Å². The fourth-order valence-electron chi connectivity index (χ4n) is 2.22. The summed E-state index contributed by atoms with van der Waals surface area (Å²) in [6.45, 7) is 5.38. The molecule has 0 saturated carbocycles. The molecule has 6 nitrogen and oxygen atoms in total. The van der Waals surface area contributed by atoms with Gasteiger partial charge in [0.25, 0.3) is 0 Å². The van der Waals surface area contributed by atoms with E-state index in [-0.39, 0.29) is 5.75 Å². The van der Waals surface area contributed by atoms with Crippen LogP contribution in [0.3, 0.4) is 0 Å². The number of carbonyl (C=O) groups is 1. The van der Waals surface area contributed by atoms with Crippen molar-refractivity contribution < 1.29 is 9.90 Å². The second-order valence-corrected chi connectivity index (χ2v) is 6.13. The summed E-state index contributed by atoms with van der Waals surface area (Å²) in [5.41, 5.74) is 7.13. The van der Waals surface area contributed by atoms with Crippen molar-refractivity contribution >= 4 is 17.2 Å². The summed E-state index contributed by atoms with van der Waals surface area (Å²) in [6.07, 6.45) is 1.97. The van der Waals surface area contributed by atoms with Gasteiger partial charge in [-0.05, 0) is 20.3 Å². The molecule has 2 aromatic rings. The normalized spacial score (nSPS) is 11.9. The van der Waals surface area contributed by atoms with E-state index in [1.165, 1.54) is 17.5 Å².